The zero-order valence-electron chi connectivity index (χ0n) is 11.4. The zero-order valence-corrected chi connectivity index (χ0v) is 12.2. The third-order valence-electron chi connectivity index (χ3n) is 3.68. The van der Waals surface area contributed by atoms with E-state index in [1.54, 1.807) is 12.1 Å². The monoisotopic (exact) mass is 306 g/mol. The predicted molar refractivity (Wildman–Crippen MR) is 79.1 cm³/mol. The largest absolute Gasteiger partial charge is 0.481 e. The van der Waals surface area contributed by atoms with Crippen molar-refractivity contribution in [3.63, 3.8) is 0 Å². The van der Waals surface area contributed by atoms with Gasteiger partial charge in [-0.15, -0.1) is 11.8 Å². The molecule has 0 aliphatic heterocycles. The van der Waals surface area contributed by atoms with E-state index in [-0.39, 0.29) is 12.2 Å². The van der Waals surface area contributed by atoms with Gasteiger partial charge in [0.1, 0.15) is 16.7 Å². The van der Waals surface area contributed by atoms with Crippen LogP contribution in [0.4, 0.5) is 4.39 Å². The van der Waals surface area contributed by atoms with Crippen molar-refractivity contribution in [1.82, 2.24) is 9.97 Å². The van der Waals surface area contributed by atoms with E-state index in [4.69, 9.17) is 5.11 Å². The van der Waals surface area contributed by atoms with Crippen molar-refractivity contribution in [2.24, 2.45) is 0 Å². The molecule has 2 aromatic rings. The Labute approximate surface area is 125 Å². The van der Waals surface area contributed by atoms with Crippen LogP contribution in [0.1, 0.15) is 37.4 Å². The fourth-order valence-electron chi connectivity index (χ4n) is 2.31. The Morgan fingerprint density at radius 1 is 1.38 bits per heavy atom. The van der Waals surface area contributed by atoms with E-state index in [0.717, 1.165) is 18.7 Å². The van der Waals surface area contributed by atoms with E-state index in [1.165, 1.54) is 24.2 Å². The summed E-state index contributed by atoms with van der Waals surface area (Å²) in [5, 5.41) is 9.68. The van der Waals surface area contributed by atoms with Crippen LogP contribution in [0, 0.1) is 5.82 Å². The van der Waals surface area contributed by atoms with Crippen molar-refractivity contribution in [1.29, 1.82) is 0 Å². The van der Waals surface area contributed by atoms with Crippen molar-refractivity contribution in [3.05, 3.63) is 29.8 Å². The molecule has 6 heteroatoms. The van der Waals surface area contributed by atoms with Crippen molar-refractivity contribution < 1.29 is 14.3 Å². The summed E-state index contributed by atoms with van der Waals surface area (Å²) in [6.45, 7) is 0. The number of aliphatic carboxylic acids is 1. The third kappa shape index (κ3) is 3.00. The molecule has 4 nitrogen and oxygen atoms in total. The molecular formula is C15H15FN2O2S. The molecule has 1 saturated carbocycles. The first-order chi connectivity index (χ1) is 10.1. The minimum Gasteiger partial charge on any atom is -0.481 e. The lowest BCUT2D eigenvalue weighted by atomic mass is 9.85. The second-order valence-corrected chi connectivity index (χ2v) is 6.22. The summed E-state index contributed by atoms with van der Waals surface area (Å²) >= 11 is 1.29. The molecule has 0 atom stereocenters. The molecule has 0 amide bonds. The molecule has 1 heterocycles. The topological polar surface area (TPSA) is 63.1 Å². The standard InChI is InChI=1S/C15H15FN2O2S/c16-10-5-2-6-11-13(10)15(21-8-7-12(19)20)18-14(17-11)9-3-1-4-9/h2,5-6,9H,1,3-4,7-8H2,(H,19,20). The predicted octanol–water partition coefficient (Wildman–Crippen LogP) is 3.60. The number of hydrogen-bond donors (Lipinski definition) is 1. The first-order valence-corrected chi connectivity index (χ1v) is 7.94. The zero-order chi connectivity index (χ0) is 14.8. The van der Waals surface area contributed by atoms with Crippen molar-refractivity contribution in [2.45, 2.75) is 36.6 Å². The molecule has 1 aromatic carbocycles. The quantitative estimate of drug-likeness (QED) is 0.675. The van der Waals surface area contributed by atoms with Gasteiger partial charge >= 0.3 is 5.97 Å². The van der Waals surface area contributed by atoms with E-state index < -0.39 is 5.97 Å². The lowest BCUT2D eigenvalue weighted by molar-refractivity contribution is -0.136. The van der Waals surface area contributed by atoms with Gasteiger partial charge in [-0.2, -0.15) is 0 Å². The summed E-state index contributed by atoms with van der Waals surface area (Å²) in [4.78, 5) is 19.6. The highest BCUT2D eigenvalue weighted by Gasteiger charge is 2.24. The minimum absolute atomic E-state index is 0.0311. The number of carboxylic acid groups (broad SMARTS) is 1. The molecule has 1 aliphatic carbocycles. The van der Waals surface area contributed by atoms with Crippen LogP contribution in [0.15, 0.2) is 23.2 Å². The maximum atomic E-state index is 14.1. The van der Waals surface area contributed by atoms with Crippen LogP contribution in [-0.2, 0) is 4.79 Å². The average Bonchev–Trinajstić information content (AvgIpc) is 2.36. The normalized spacial score (nSPS) is 15.1. The number of fused-ring (bicyclic) bond motifs is 1. The van der Waals surface area contributed by atoms with Gasteiger partial charge in [-0.05, 0) is 25.0 Å². The van der Waals surface area contributed by atoms with Crippen LogP contribution < -0.4 is 0 Å². The van der Waals surface area contributed by atoms with Gasteiger partial charge in [0.25, 0.3) is 0 Å². The molecule has 1 aromatic heterocycles. The molecular weight excluding hydrogens is 291 g/mol. The lowest BCUT2D eigenvalue weighted by Gasteiger charge is -2.24. The SMILES string of the molecule is O=C(O)CCSc1nc(C2CCC2)nc2cccc(F)c12. The molecule has 21 heavy (non-hydrogen) atoms. The van der Waals surface area contributed by atoms with Crippen LogP contribution in [0.5, 0.6) is 0 Å². The number of halogens is 1. The molecule has 0 saturated heterocycles. The van der Waals surface area contributed by atoms with Crippen LogP contribution >= 0.6 is 11.8 Å². The van der Waals surface area contributed by atoms with Gasteiger partial charge < -0.3 is 5.11 Å². The van der Waals surface area contributed by atoms with Crippen LogP contribution in [0.25, 0.3) is 10.9 Å². The number of carboxylic acids is 1. The van der Waals surface area contributed by atoms with Crippen molar-refractivity contribution in [3.8, 4) is 0 Å². The number of nitrogens with zero attached hydrogens (tertiary/aromatic N) is 2. The Hall–Kier alpha value is -1.69. The summed E-state index contributed by atoms with van der Waals surface area (Å²) in [7, 11) is 0. The number of aromatic nitrogens is 2. The fourth-order valence-corrected chi connectivity index (χ4v) is 3.29. The highest BCUT2D eigenvalue weighted by atomic mass is 32.2. The number of hydrogen-bond acceptors (Lipinski definition) is 4. The molecule has 1 N–H and O–H groups in total. The van der Waals surface area contributed by atoms with E-state index in [0.29, 0.717) is 27.6 Å². The summed E-state index contributed by atoms with van der Waals surface area (Å²) < 4.78 is 14.1. The summed E-state index contributed by atoms with van der Waals surface area (Å²) in [6, 6.07) is 4.81. The Morgan fingerprint density at radius 3 is 2.86 bits per heavy atom. The van der Waals surface area contributed by atoms with E-state index in [1.807, 2.05) is 0 Å². The van der Waals surface area contributed by atoms with Crippen molar-refractivity contribution >= 4 is 28.6 Å². The number of rotatable bonds is 5. The van der Waals surface area contributed by atoms with Crippen LogP contribution in [-0.4, -0.2) is 26.8 Å². The van der Waals surface area contributed by atoms with Gasteiger partial charge in [-0.1, -0.05) is 12.5 Å². The Bertz CT molecular complexity index is 689. The van der Waals surface area contributed by atoms with Gasteiger partial charge in [0.15, 0.2) is 0 Å². The number of carbonyl (C=O) groups is 1. The first-order valence-electron chi connectivity index (χ1n) is 6.96. The second-order valence-electron chi connectivity index (χ2n) is 5.14. The van der Waals surface area contributed by atoms with E-state index in [9.17, 15) is 9.18 Å². The summed E-state index contributed by atoms with van der Waals surface area (Å²) in [5.74, 6) is 0.277. The highest BCUT2D eigenvalue weighted by molar-refractivity contribution is 7.99. The molecule has 0 unspecified atom stereocenters. The maximum Gasteiger partial charge on any atom is 0.304 e. The van der Waals surface area contributed by atoms with Crippen LogP contribution in [0.2, 0.25) is 0 Å². The molecule has 1 aliphatic rings. The first kappa shape index (κ1) is 14.3. The smallest absolute Gasteiger partial charge is 0.304 e. The van der Waals surface area contributed by atoms with E-state index in [2.05, 4.69) is 9.97 Å². The summed E-state index contributed by atoms with van der Waals surface area (Å²) in [6.07, 6.45) is 3.35. The molecule has 0 spiro atoms. The second kappa shape index (κ2) is 5.97. The van der Waals surface area contributed by atoms with Gasteiger partial charge in [-0.3, -0.25) is 4.79 Å². The highest BCUT2D eigenvalue weighted by Crippen LogP contribution is 2.37. The van der Waals surface area contributed by atoms with Gasteiger partial charge in [0, 0.05) is 11.7 Å². The third-order valence-corrected chi connectivity index (χ3v) is 4.66. The van der Waals surface area contributed by atoms with Gasteiger partial charge in [-0.25, -0.2) is 14.4 Å². The molecule has 0 radical (unpaired) electrons. The van der Waals surface area contributed by atoms with Crippen molar-refractivity contribution in [2.75, 3.05) is 5.75 Å². The van der Waals surface area contributed by atoms with E-state index >= 15 is 0 Å². The van der Waals surface area contributed by atoms with Crippen LogP contribution in [0.3, 0.4) is 0 Å². The number of thioether (sulfide) groups is 1. The average molecular weight is 306 g/mol. The lowest BCUT2D eigenvalue weighted by Crippen LogP contribution is -2.13. The Balaban J connectivity index is 1.98. The molecule has 3 rings (SSSR count). The molecule has 110 valence electrons. The molecule has 0 bridgehead atoms. The van der Waals surface area contributed by atoms with Gasteiger partial charge in [0.05, 0.1) is 17.3 Å². The minimum atomic E-state index is -0.861. The summed E-state index contributed by atoms with van der Waals surface area (Å²) in [5.41, 5.74) is 0.602. The van der Waals surface area contributed by atoms with Gasteiger partial charge in [0.2, 0.25) is 0 Å². The molecule has 1 fully saturated rings. The fraction of sp³-hybridized carbons (Fsp3) is 0.400. The number of benzene rings is 1. The Kier molecular flexibility index (Phi) is 4.05. The maximum absolute atomic E-state index is 14.1. The Morgan fingerprint density at radius 2 is 2.19 bits per heavy atom.